The maximum atomic E-state index is 5.84. The number of benzene rings is 14. The van der Waals surface area contributed by atoms with Crippen molar-refractivity contribution in [2.75, 3.05) is 9.80 Å². The van der Waals surface area contributed by atoms with Gasteiger partial charge in [-0.25, -0.2) is 9.97 Å². The molecule has 482 valence electrons. The highest BCUT2D eigenvalue weighted by atomic mass is 15.2. The minimum atomic E-state index is -0.527. The number of fused-ring (bicyclic) bond motifs is 21. The predicted octanol–water partition coefficient (Wildman–Crippen LogP) is 25.1. The van der Waals surface area contributed by atoms with Gasteiger partial charge in [-0.15, -0.1) is 0 Å². The Bertz CT molecular complexity index is 5980. The highest BCUT2D eigenvalue weighted by Gasteiger charge is 2.53. The first-order valence-electron chi connectivity index (χ1n) is 35.6. The van der Waals surface area contributed by atoms with Crippen molar-refractivity contribution < 1.29 is 0 Å². The smallest absolute Gasteiger partial charge is 0.0973 e. The van der Waals surface area contributed by atoms with Crippen LogP contribution in [0.25, 0.3) is 100 Å². The van der Waals surface area contributed by atoms with E-state index in [1.165, 1.54) is 99.8 Å². The Morgan fingerprint density at radius 3 is 1.05 bits per heavy atom. The number of anilines is 5. The molecule has 1 aromatic heterocycles. The third kappa shape index (κ3) is 9.24. The van der Waals surface area contributed by atoms with Crippen molar-refractivity contribution in [3.05, 3.63) is 439 Å². The summed E-state index contributed by atoms with van der Waals surface area (Å²) in [4.78, 5) is 16.5. The molecule has 0 radical (unpaired) electrons. The molecular formula is C99H66N4. The highest BCUT2D eigenvalue weighted by molar-refractivity contribution is 6.00. The van der Waals surface area contributed by atoms with E-state index in [1.807, 2.05) is 0 Å². The molecule has 4 heteroatoms. The fraction of sp³-hybridized carbons (Fsp3) is 0.0303. The van der Waals surface area contributed by atoms with Gasteiger partial charge in [0.15, 0.2) is 0 Å². The van der Waals surface area contributed by atoms with Crippen LogP contribution in [-0.4, -0.2) is 9.97 Å². The van der Waals surface area contributed by atoms with E-state index in [0.717, 1.165) is 91.2 Å². The zero-order valence-electron chi connectivity index (χ0n) is 56.5. The summed E-state index contributed by atoms with van der Waals surface area (Å²) in [6.07, 6.45) is 15.9. The average molecular weight is 1310 g/mol. The minimum absolute atomic E-state index is 0.511. The van der Waals surface area contributed by atoms with Crippen molar-refractivity contribution in [1.29, 1.82) is 0 Å². The van der Waals surface area contributed by atoms with Crippen LogP contribution in [0.3, 0.4) is 0 Å². The second kappa shape index (κ2) is 24.0. The molecule has 0 N–H and O–H groups in total. The number of aromatic nitrogens is 2. The van der Waals surface area contributed by atoms with Gasteiger partial charge in [0.25, 0.3) is 0 Å². The molecule has 1 heterocycles. The SMILES string of the molecule is C=C1/C=C\C=C/C/C=C\C(N(c2ccc(-c3nc(-c4ccccc4)c(-c4ccccc4)nc3-c3ccc(N(c4ccc5c(c4)C4(c6ccccc6-c6ccccc64)c4ccccc4-5)c4ccc5ccccc5c4)cc3)cc2)c2ccc3c(c2)C2(c4ccccc4-c4ccccc42)c2ccccc2-3)=C/1. The Morgan fingerprint density at radius 1 is 0.262 bits per heavy atom. The number of hydrogen-bond donors (Lipinski definition) is 0. The zero-order valence-corrected chi connectivity index (χ0v) is 56.5. The van der Waals surface area contributed by atoms with Gasteiger partial charge >= 0.3 is 0 Å². The monoisotopic (exact) mass is 1310 g/mol. The molecular weight excluding hydrogens is 1250 g/mol. The lowest BCUT2D eigenvalue weighted by Crippen LogP contribution is -2.26. The van der Waals surface area contributed by atoms with Gasteiger partial charge in [-0.3, -0.25) is 0 Å². The van der Waals surface area contributed by atoms with E-state index in [2.05, 4.69) is 393 Å². The van der Waals surface area contributed by atoms with Crippen molar-refractivity contribution >= 4 is 39.2 Å². The van der Waals surface area contributed by atoms with Crippen LogP contribution in [0.4, 0.5) is 28.4 Å². The molecule has 14 aromatic carbocycles. The van der Waals surface area contributed by atoms with E-state index in [0.29, 0.717) is 0 Å². The minimum Gasteiger partial charge on any atom is -0.310 e. The second-order valence-corrected chi connectivity index (χ2v) is 27.4. The Morgan fingerprint density at radius 2 is 0.602 bits per heavy atom. The Hall–Kier alpha value is -13.3. The van der Waals surface area contributed by atoms with Crippen LogP contribution in [0.5, 0.6) is 0 Å². The van der Waals surface area contributed by atoms with Gasteiger partial charge in [-0.1, -0.05) is 310 Å². The van der Waals surface area contributed by atoms with Crippen molar-refractivity contribution in [2.45, 2.75) is 17.3 Å². The zero-order chi connectivity index (χ0) is 68.2. The molecule has 103 heavy (non-hydrogen) atoms. The van der Waals surface area contributed by atoms with E-state index in [9.17, 15) is 0 Å². The lowest BCUT2D eigenvalue weighted by molar-refractivity contribution is 0.793. The van der Waals surface area contributed by atoms with Gasteiger partial charge in [-0.2, -0.15) is 0 Å². The van der Waals surface area contributed by atoms with Gasteiger partial charge in [0.2, 0.25) is 0 Å². The molecule has 15 aromatic rings. The van der Waals surface area contributed by atoms with Crippen molar-refractivity contribution in [1.82, 2.24) is 9.97 Å². The van der Waals surface area contributed by atoms with Crippen LogP contribution in [0.15, 0.2) is 394 Å². The van der Waals surface area contributed by atoms with Crippen molar-refractivity contribution in [3.63, 3.8) is 0 Å². The Kier molecular flexibility index (Phi) is 13.9. The van der Waals surface area contributed by atoms with E-state index in [4.69, 9.17) is 9.97 Å². The normalized spacial score (nSPS) is 15.5. The van der Waals surface area contributed by atoms with Crippen LogP contribution in [0.2, 0.25) is 0 Å². The topological polar surface area (TPSA) is 32.3 Å². The van der Waals surface area contributed by atoms with Crippen molar-refractivity contribution in [3.8, 4) is 89.5 Å². The summed E-state index contributed by atoms with van der Waals surface area (Å²) in [6, 6.07) is 123. The first-order valence-corrected chi connectivity index (χ1v) is 35.6. The van der Waals surface area contributed by atoms with Gasteiger partial charge in [0.1, 0.15) is 0 Å². The van der Waals surface area contributed by atoms with Gasteiger partial charge in [0.05, 0.1) is 33.6 Å². The number of allylic oxidation sites excluding steroid dienone is 8. The first kappa shape index (κ1) is 59.7. The summed E-state index contributed by atoms with van der Waals surface area (Å²) in [5.41, 5.74) is 33.6. The number of nitrogens with zero attached hydrogens (tertiary/aromatic N) is 4. The van der Waals surface area contributed by atoms with E-state index in [1.54, 1.807) is 0 Å². The molecule has 0 atom stereocenters. The van der Waals surface area contributed by atoms with Crippen LogP contribution in [0.1, 0.15) is 50.9 Å². The quantitative estimate of drug-likeness (QED) is 0.137. The van der Waals surface area contributed by atoms with E-state index < -0.39 is 10.8 Å². The standard InChI is InChI=1S/C99H66N4/c1-65-27-7-3-2-4-12-34-74(61-65)102(76-57-59-84-82-39-19-25-45-90(82)98(92(84)63-76)86-41-21-15-35-78(86)79-36-16-22-42-87(79)98)72-52-48-69(49-53-72)96-97(101-95(68-31-10-6-11-32-68)94(100-96)67-29-8-5-9-30-67)70-50-54-73(55-51-70)103(75-56-47-66-28-13-14-33-71(66)62-75)77-58-60-85-83-40-20-26-46-91(83)99(93(85)64-77)88-43-23-17-37-80(88)81-38-18-24-44-89(81)99/h2-3,5-64H,1,4H2/b3-2-,27-7-,34-12-,74-61+. The van der Waals surface area contributed by atoms with Crippen LogP contribution in [-0.2, 0) is 10.8 Å². The summed E-state index contributed by atoms with van der Waals surface area (Å²) >= 11 is 0. The second-order valence-electron chi connectivity index (χ2n) is 27.4. The third-order valence-corrected chi connectivity index (χ3v) is 22.0. The molecule has 20 rings (SSSR count). The summed E-state index contributed by atoms with van der Waals surface area (Å²) in [6.45, 7) is 4.58. The lowest BCUT2D eigenvalue weighted by Gasteiger charge is -2.32. The fourth-order valence-electron chi connectivity index (χ4n) is 17.7. The molecule has 0 bridgehead atoms. The van der Waals surface area contributed by atoms with Crippen molar-refractivity contribution in [2.24, 2.45) is 0 Å². The molecule has 4 nitrogen and oxygen atoms in total. The fourth-order valence-corrected chi connectivity index (χ4v) is 17.7. The van der Waals surface area contributed by atoms with Crippen LogP contribution in [0, 0.1) is 0 Å². The molecule has 0 fully saturated rings. The number of rotatable bonds is 10. The molecule has 0 saturated heterocycles. The van der Waals surface area contributed by atoms with Crippen LogP contribution < -0.4 is 9.80 Å². The van der Waals surface area contributed by atoms with Gasteiger partial charge < -0.3 is 9.80 Å². The Balaban J connectivity index is 0.755. The molecule has 0 aliphatic heterocycles. The number of hydrogen-bond acceptors (Lipinski definition) is 4. The molecule has 0 saturated carbocycles. The summed E-state index contributed by atoms with van der Waals surface area (Å²) in [7, 11) is 0. The molecule has 0 unspecified atom stereocenters. The summed E-state index contributed by atoms with van der Waals surface area (Å²) < 4.78 is 0. The van der Waals surface area contributed by atoms with E-state index >= 15 is 0 Å². The van der Waals surface area contributed by atoms with Gasteiger partial charge in [0, 0.05) is 56.4 Å². The molecule has 5 aliphatic rings. The average Bonchev–Trinajstić information content (AvgIpc) is 1.52. The van der Waals surface area contributed by atoms with Gasteiger partial charge in [-0.05, 0) is 185 Å². The first-order chi connectivity index (χ1) is 51.0. The van der Waals surface area contributed by atoms with E-state index in [-0.39, 0.29) is 0 Å². The molecule has 2 spiro atoms. The van der Waals surface area contributed by atoms with Crippen LogP contribution >= 0.6 is 0 Å². The highest BCUT2D eigenvalue weighted by Crippen LogP contribution is 2.65. The lowest BCUT2D eigenvalue weighted by atomic mass is 9.70. The predicted molar refractivity (Wildman–Crippen MR) is 426 cm³/mol. The molecule has 5 aliphatic carbocycles. The third-order valence-electron chi connectivity index (χ3n) is 22.0. The largest absolute Gasteiger partial charge is 0.310 e. The molecule has 0 amide bonds. The summed E-state index contributed by atoms with van der Waals surface area (Å²) in [5, 5.41) is 2.36. The maximum absolute atomic E-state index is 5.84. The summed E-state index contributed by atoms with van der Waals surface area (Å²) in [5.74, 6) is 0. The Labute approximate surface area is 600 Å². The maximum Gasteiger partial charge on any atom is 0.0973 e.